The van der Waals surface area contributed by atoms with Crippen LogP contribution in [0.4, 0.5) is 5.13 Å². The first-order chi connectivity index (χ1) is 12.5. The van der Waals surface area contributed by atoms with E-state index in [1.54, 1.807) is 11.8 Å². The summed E-state index contributed by atoms with van der Waals surface area (Å²) in [5, 5.41) is 9.95. The predicted octanol–water partition coefficient (Wildman–Crippen LogP) is 3.76. The minimum atomic E-state index is -0.354. The molecule has 0 spiro atoms. The molecule has 134 valence electrons. The maximum Gasteiger partial charge on any atom is 0.336 e. The van der Waals surface area contributed by atoms with Crippen LogP contribution in [0.15, 0.2) is 37.8 Å². The number of hydrogen-bond acceptors (Lipinski definition) is 7. The lowest BCUT2D eigenvalue weighted by atomic mass is 10.1. The first-order valence-corrected chi connectivity index (χ1v) is 10.1. The summed E-state index contributed by atoms with van der Waals surface area (Å²) >= 11 is 2.92. The van der Waals surface area contributed by atoms with Crippen molar-refractivity contribution < 1.29 is 9.21 Å². The summed E-state index contributed by atoms with van der Waals surface area (Å²) in [5.74, 6) is 0.589. The van der Waals surface area contributed by atoms with Crippen molar-refractivity contribution in [1.82, 2.24) is 10.2 Å². The number of nitrogens with zero attached hydrogens (tertiary/aromatic N) is 3. The molecule has 1 saturated carbocycles. The smallest absolute Gasteiger partial charge is 0.336 e. The number of fused-ring (bicyclic) bond motifs is 1. The van der Waals surface area contributed by atoms with Crippen molar-refractivity contribution in [3.63, 3.8) is 0 Å². The predicted molar refractivity (Wildman–Crippen MR) is 103 cm³/mol. The average molecular weight is 387 g/mol. The number of aryl methyl sites for hydroxylation is 1. The van der Waals surface area contributed by atoms with Crippen LogP contribution in [0.3, 0.4) is 0 Å². The van der Waals surface area contributed by atoms with Crippen molar-refractivity contribution >= 4 is 45.1 Å². The van der Waals surface area contributed by atoms with Crippen molar-refractivity contribution in [1.29, 1.82) is 0 Å². The van der Waals surface area contributed by atoms with Crippen LogP contribution in [-0.4, -0.2) is 22.1 Å². The minimum Gasteiger partial charge on any atom is -0.423 e. The molecule has 8 heteroatoms. The van der Waals surface area contributed by atoms with E-state index in [2.05, 4.69) is 10.2 Å². The zero-order valence-electron chi connectivity index (χ0n) is 14.4. The molecule has 2 aromatic heterocycles. The van der Waals surface area contributed by atoms with Gasteiger partial charge in [-0.15, -0.1) is 10.2 Å². The molecule has 1 aromatic carbocycles. The lowest BCUT2D eigenvalue weighted by molar-refractivity contribution is -0.116. The molecular weight excluding hydrogens is 370 g/mol. The summed E-state index contributed by atoms with van der Waals surface area (Å²) < 4.78 is 6.07. The second kappa shape index (κ2) is 6.85. The molecule has 0 atom stereocenters. The highest BCUT2D eigenvalue weighted by Crippen LogP contribution is 2.36. The number of benzene rings is 1. The van der Waals surface area contributed by atoms with Gasteiger partial charge in [-0.25, -0.2) is 4.79 Å². The van der Waals surface area contributed by atoms with Gasteiger partial charge in [0.1, 0.15) is 5.58 Å². The largest absolute Gasteiger partial charge is 0.423 e. The summed E-state index contributed by atoms with van der Waals surface area (Å²) in [6.45, 7) is 3.52. The van der Waals surface area contributed by atoms with Crippen molar-refractivity contribution in [3.05, 3.63) is 45.8 Å². The summed E-state index contributed by atoms with van der Waals surface area (Å²) in [6.07, 6.45) is 2.04. The fourth-order valence-corrected chi connectivity index (χ4v) is 4.78. The van der Waals surface area contributed by atoms with Crippen LogP contribution in [0.1, 0.15) is 30.9 Å². The molecule has 1 aliphatic carbocycles. The first-order valence-electron chi connectivity index (χ1n) is 8.31. The van der Waals surface area contributed by atoms with Gasteiger partial charge < -0.3 is 4.42 Å². The van der Waals surface area contributed by atoms with Gasteiger partial charge in [-0.05, 0) is 37.0 Å². The lowest BCUT2D eigenvalue weighted by Gasteiger charge is -2.15. The van der Waals surface area contributed by atoms with Crippen LogP contribution in [0.25, 0.3) is 11.0 Å². The first kappa shape index (κ1) is 17.2. The maximum atomic E-state index is 11.8. The van der Waals surface area contributed by atoms with E-state index < -0.39 is 0 Å². The number of rotatable bonds is 5. The highest BCUT2D eigenvalue weighted by Gasteiger charge is 2.34. The Hall–Kier alpha value is -2.19. The number of amides is 1. The molecule has 1 fully saturated rings. The monoisotopic (exact) mass is 387 g/mol. The summed E-state index contributed by atoms with van der Waals surface area (Å²) in [5.41, 5.74) is 2.20. The second-order valence-electron chi connectivity index (χ2n) is 6.35. The molecule has 6 nitrogen and oxygen atoms in total. The minimum absolute atomic E-state index is 0.00207. The second-order valence-corrected chi connectivity index (χ2v) is 8.53. The fraction of sp³-hybridized carbons (Fsp3) is 0.333. The van der Waals surface area contributed by atoms with Gasteiger partial charge in [0.25, 0.3) is 0 Å². The molecule has 1 amide bonds. The Balaban J connectivity index is 1.56. The topological polar surface area (TPSA) is 76.3 Å². The standard InChI is InChI=1S/C18H17N3O3S2/c1-10-3-6-14-12(8-16(23)24-15(14)7-10)9-25-18-20-19-17(26-18)21(11(2)22)13-4-5-13/h3,6-8,13H,4-5,9H2,1-2H3. The van der Waals surface area contributed by atoms with Gasteiger partial charge in [-0.2, -0.15) is 0 Å². The number of carbonyl (C=O) groups is 1. The van der Waals surface area contributed by atoms with Gasteiger partial charge in [-0.1, -0.05) is 35.2 Å². The molecule has 0 unspecified atom stereocenters. The van der Waals surface area contributed by atoms with Gasteiger partial charge in [0.2, 0.25) is 11.0 Å². The van der Waals surface area contributed by atoms with Gasteiger partial charge in [0.05, 0.1) is 0 Å². The Morgan fingerprint density at radius 2 is 2.15 bits per heavy atom. The molecule has 0 radical (unpaired) electrons. The molecule has 3 aromatic rings. The Morgan fingerprint density at radius 3 is 2.88 bits per heavy atom. The third-order valence-corrected chi connectivity index (χ3v) is 6.29. The van der Waals surface area contributed by atoms with Crippen LogP contribution in [0, 0.1) is 6.92 Å². The number of hydrogen-bond donors (Lipinski definition) is 0. The third kappa shape index (κ3) is 3.52. The van der Waals surface area contributed by atoms with E-state index in [9.17, 15) is 9.59 Å². The van der Waals surface area contributed by atoms with Crippen molar-refractivity contribution in [2.45, 2.75) is 42.8 Å². The SMILES string of the molecule is CC(=O)N(c1nnc(SCc2cc(=O)oc3cc(C)ccc23)s1)C1CC1. The molecule has 0 aliphatic heterocycles. The van der Waals surface area contributed by atoms with Crippen LogP contribution >= 0.6 is 23.1 Å². The Bertz CT molecular complexity index is 1040. The third-order valence-electron chi connectivity index (χ3n) is 4.19. The summed E-state index contributed by atoms with van der Waals surface area (Å²) in [7, 11) is 0. The van der Waals surface area contributed by atoms with Crippen molar-refractivity contribution in [2.75, 3.05) is 4.90 Å². The summed E-state index contributed by atoms with van der Waals surface area (Å²) in [4.78, 5) is 25.4. The number of carbonyl (C=O) groups excluding carboxylic acids is 1. The Labute approximate surface area is 158 Å². The maximum absolute atomic E-state index is 11.8. The van der Waals surface area contributed by atoms with Crippen LogP contribution in [0.5, 0.6) is 0 Å². The highest BCUT2D eigenvalue weighted by atomic mass is 32.2. The quantitative estimate of drug-likeness (QED) is 0.377. The van der Waals surface area contributed by atoms with E-state index in [-0.39, 0.29) is 17.6 Å². The molecule has 4 rings (SSSR count). The van der Waals surface area contributed by atoms with E-state index >= 15 is 0 Å². The average Bonchev–Trinajstić information content (AvgIpc) is 3.29. The molecular formula is C18H17N3O3S2. The van der Waals surface area contributed by atoms with E-state index in [0.717, 1.165) is 33.7 Å². The van der Waals surface area contributed by atoms with E-state index in [1.165, 1.54) is 29.2 Å². The highest BCUT2D eigenvalue weighted by molar-refractivity contribution is 8.00. The number of thioether (sulfide) groups is 1. The normalized spacial score (nSPS) is 13.9. The summed E-state index contributed by atoms with van der Waals surface area (Å²) in [6, 6.07) is 7.64. The van der Waals surface area contributed by atoms with Gasteiger partial charge in [-0.3, -0.25) is 9.69 Å². The lowest BCUT2D eigenvalue weighted by Crippen LogP contribution is -2.30. The van der Waals surface area contributed by atoms with Crippen LogP contribution < -0.4 is 10.5 Å². The van der Waals surface area contributed by atoms with Crippen LogP contribution in [0.2, 0.25) is 0 Å². The van der Waals surface area contributed by atoms with Crippen molar-refractivity contribution in [3.8, 4) is 0 Å². The zero-order valence-corrected chi connectivity index (χ0v) is 16.0. The molecule has 0 N–H and O–H groups in total. The van der Waals surface area contributed by atoms with Gasteiger partial charge in [0.15, 0.2) is 4.34 Å². The molecule has 26 heavy (non-hydrogen) atoms. The Kier molecular flexibility index (Phi) is 4.54. The fourth-order valence-electron chi connectivity index (χ4n) is 2.83. The number of aromatic nitrogens is 2. The number of anilines is 1. The van der Waals surface area contributed by atoms with Gasteiger partial charge in [0, 0.05) is 30.2 Å². The van der Waals surface area contributed by atoms with Crippen LogP contribution in [-0.2, 0) is 10.5 Å². The van der Waals surface area contributed by atoms with Crippen molar-refractivity contribution in [2.24, 2.45) is 0 Å². The molecule has 0 saturated heterocycles. The van der Waals surface area contributed by atoms with E-state index in [0.29, 0.717) is 16.5 Å². The van der Waals surface area contributed by atoms with E-state index in [4.69, 9.17) is 4.42 Å². The molecule has 1 aliphatic rings. The molecule has 2 heterocycles. The van der Waals surface area contributed by atoms with Gasteiger partial charge >= 0.3 is 5.63 Å². The van der Waals surface area contributed by atoms with E-state index in [1.807, 2.05) is 25.1 Å². The molecule has 0 bridgehead atoms. The Morgan fingerprint density at radius 1 is 1.35 bits per heavy atom. The zero-order chi connectivity index (χ0) is 18.3.